The summed E-state index contributed by atoms with van der Waals surface area (Å²) in [6.45, 7) is 0. The van der Waals surface area contributed by atoms with Gasteiger partial charge in [0, 0.05) is 1.37 Å². The van der Waals surface area contributed by atoms with E-state index in [2.05, 4.69) is 12.2 Å². The normalized spacial score (nSPS) is 58.3. The quantitative estimate of drug-likeness (QED) is 0.403. The molecule has 0 bridgehead atoms. The molecule has 0 aromatic carbocycles. The van der Waals surface area contributed by atoms with Crippen LogP contribution >= 0.6 is 0 Å². The molecule has 2 aliphatic carbocycles. The molecule has 0 heteroatoms. The molecule has 0 nitrogen and oxygen atoms in total. The minimum Gasteiger partial charge on any atom is -0.0880 e. The highest BCUT2D eigenvalue weighted by atomic mass is 14.3. The van der Waals surface area contributed by atoms with Crippen LogP contribution < -0.4 is 0 Å². The zero-order valence-corrected chi connectivity index (χ0v) is 4.30. The summed E-state index contributed by atoms with van der Waals surface area (Å²) < 4.78 is 7.39. The van der Waals surface area contributed by atoms with Gasteiger partial charge in [-0.1, -0.05) is 12.2 Å². The SMILES string of the molecule is [2H][C@@H]1C[C@H]2CC=C[C@H]21. The number of hydrogen-bond acceptors (Lipinski definition) is 0. The predicted octanol–water partition coefficient (Wildman–Crippen LogP) is 1.97. The van der Waals surface area contributed by atoms with Crippen molar-refractivity contribution in [3.05, 3.63) is 12.2 Å². The van der Waals surface area contributed by atoms with Crippen LogP contribution in [0.25, 0.3) is 0 Å². The highest BCUT2D eigenvalue weighted by molar-refractivity contribution is 5.05. The van der Waals surface area contributed by atoms with E-state index in [1.807, 2.05) is 0 Å². The molecule has 0 spiro atoms. The van der Waals surface area contributed by atoms with E-state index in [1.165, 1.54) is 6.42 Å². The number of allylic oxidation sites excluding steroid dienone is 2. The second-order valence-corrected chi connectivity index (χ2v) is 2.47. The van der Waals surface area contributed by atoms with Gasteiger partial charge in [-0.2, -0.15) is 0 Å². The van der Waals surface area contributed by atoms with E-state index in [-0.39, 0.29) is 6.40 Å². The van der Waals surface area contributed by atoms with Crippen molar-refractivity contribution >= 4 is 0 Å². The Morgan fingerprint density at radius 1 is 1.71 bits per heavy atom. The highest BCUT2D eigenvalue weighted by Gasteiger charge is 2.30. The minimum absolute atomic E-state index is 0.249. The molecule has 1 fully saturated rings. The van der Waals surface area contributed by atoms with Crippen LogP contribution in [-0.4, -0.2) is 0 Å². The Morgan fingerprint density at radius 2 is 2.71 bits per heavy atom. The first-order valence-corrected chi connectivity index (χ1v) is 2.97. The largest absolute Gasteiger partial charge is 0.0880 e. The van der Waals surface area contributed by atoms with Crippen molar-refractivity contribution in [2.75, 3.05) is 0 Å². The third kappa shape index (κ3) is 0.370. The number of rotatable bonds is 0. The van der Waals surface area contributed by atoms with Gasteiger partial charge in [-0.3, -0.25) is 0 Å². The molecule has 2 rings (SSSR count). The lowest BCUT2D eigenvalue weighted by Gasteiger charge is -2.29. The Labute approximate surface area is 45.6 Å². The Kier molecular flexibility index (Phi) is 0.464. The van der Waals surface area contributed by atoms with Gasteiger partial charge < -0.3 is 0 Å². The Morgan fingerprint density at radius 3 is 3.29 bits per heavy atom. The second kappa shape index (κ2) is 1.12. The number of hydrogen-bond donors (Lipinski definition) is 0. The van der Waals surface area contributed by atoms with Gasteiger partial charge in [0.15, 0.2) is 0 Å². The van der Waals surface area contributed by atoms with Crippen LogP contribution in [0.4, 0.5) is 0 Å². The van der Waals surface area contributed by atoms with Crippen molar-refractivity contribution in [3.8, 4) is 0 Å². The van der Waals surface area contributed by atoms with Crippen molar-refractivity contribution in [1.29, 1.82) is 0 Å². The molecule has 0 heterocycles. The van der Waals surface area contributed by atoms with Gasteiger partial charge in [-0.15, -0.1) is 0 Å². The van der Waals surface area contributed by atoms with Gasteiger partial charge in [0.05, 0.1) is 0 Å². The predicted molar refractivity (Wildman–Crippen MR) is 30.0 cm³/mol. The van der Waals surface area contributed by atoms with Crippen molar-refractivity contribution in [1.82, 2.24) is 0 Å². The second-order valence-electron chi connectivity index (χ2n) is 2.47. The van der Waals surface area contributed by atoms with Crippen molar-refractivity contribution < 1.29 is 1.37 Å². The molecule has 0 unspecified atom stereocenters. The average molecular weight is 95.2 g/mol. The van der Waals surface area contributed by atoms with E-state index in [0.717, 1.165) is 12.3 Å². The molecule has 1 saturated carbocycles. The number of fused-ring (bicyclic) bond motifs is 1. The fourth-order valence-corrected chi connectivity index (χ4v) is 1.39. The van der Waals surface area contributed by atoms with Gasteiger partial charge in [0.25, 0.3) is 0 Å². The molecule has 0 amide bonds. The summed E-state index contributed by atoms with van der Waals surface area (Å²) in [5.74, 6) is 1.52. The molecular weight excluding hydrogens is 84.1 g/mol. The topological polar surface area (TPSA) is 0 Å². The van der Waals surface area contributed by atoms with Crippen LogP contribution in [0.3, 0.4) is 0 Å². The summed E-state index contributed by atoms with van der Waals surface area (Å²) in [5, 5.41) is 0. The summed E-state index contributed by atoms with van der Waals surface area (Å²) >= 11 is 0. The third-order valence-corrected chi connectivity index (χ3v) is 2.05. The third-order valence-electron chi connectivity index (χ3n) is 2.05. The molecule has 38 valence electrons. The maximum atomic E-state index is 7.39. The standard InChI is InChI=1S/C7H10/c1-2-6-4-5-7(6)3-1/h1-2,6-7H,3-5H2/t6-,7+/m0/s1/i4D/t4-,6+,7-/m1. The van der Waals surface area contributed by atoms with Gasteiger partial charge in [-0.05, 0) is 31.1 Å². The molecule has 0 aromatic rings. The monoisotopic (exact) mass is 95.1 g/mol. The summed E-state index contributed by atoms with van der Waals surface area (Å²) in [6, 6.07) is 0. The van der Waals surface area contributed by atoms with Crippen molar-refractivity contribution in [2.24, 2.45) is 11.8 Å². The van der Waals surface area contributed by atoms with Crippen LogP contribution in [0.15, 0.2) is 12.2 Å². The van der Waals surface area contributed by atoms with Crippen LogP contribution in [0.1, 0.15) is 20.6 Å². The first-order chi connectivity index (χ1) is 3.88. The van der Waals surface area contributed by atoms with E-state index in [9.17, 15) is 0 Å². The summed E-state index contributed by atoms with van der Waals surface area (Å²) in [4.78, 5) is 0. The van der Waals surface area contributed by atoms with Crippen LogP contribution in [0.2, 0.25) is 0 Å². The average Bonchev–Trinajstić information content (AvgIpc) is 2.09. The van der Waals surface area contributed by atoms with Gasteiger partial charge in [-0.25, -0.2) is 0 Å². The Bertz CT molecular complexity index is 128. The van der Waals surface area contributed by atoms with E-state index in [4.69, 9.17) is 1.37 Å². The Hall–Kier alpha value is -0.260. The molecular formula is C7H10. The van der Waals surface area contributed by atoms with Crippen LogP contribution in [0, 0.1) is 11.8 Å². The summed E-state index contributed by atoms with van der Waals surface area (Å²) in [7, 11) is 0. The molecule has 0 aliphatic heterocycles. The van der Waals surface area contributed by atoms with Crippen LogP contribution in [0.5, 0.6) is 0 Å². The molecule has 0 N–H and O–H groups in total. The van der Waals surface area contributed by atoms with Crippen LogP contribution in [-0.2, 0) is 0 Å². The fourth-order valence-electron chi connectivity index (χ4n) is 1.39. The lowest BCUT2D eigenvalue weighted by Crippen LogP contribution is -2.18. The molecule has 2 aliphatic rings. The fraction of sp³-hybridized carbons (Fsp3) is 0.714. The zero-order valence-electron chi connectivity index (χ0n) is 5.30. The highest BCUT2D eigenvalue weighted by Crippen LogP contribution is 2.41. The van der Waals surface area contributed by atoms with Crippen molar-refractivity contribution in [3.63, 3.8) is 0 Å². The molecule has 0 aromatic heterocycles. The minimum atomic E-state index is 0.249. The van der Waals surface area contributed by atoms with Crippen molar-refractivity contribution in [2.45, 2.75) is 19.2 Å². The van der Waals surface area contributed by atoms with Gasteiger partial charge in [0.2, 0.25) is 0 Å². The lowest BCUT2D eigenvalue weighted by molar-refractivity contribution is 0.249. The van der Waals surface area contributed by atoms with E-state index in [1.54, 1.807) is 0 Å². The molecule has 0 saturated heterocycles. The first kappa shape index (κ1) is 2.91. The zero-order chi connectivity index (χ0) is 5.56. The maximum absolute atomic E-state index is 7.39. The maximum Gasteiger partial charge on any atom is 0.0273 e. The van der Waals surface area contributed by atoms with Gasteiger partial charge in [0.1, 0.15) is 0 Å². The molecule has 7 heavy (non-hydrogen) atoms. The van der Waals surface area contributed by atoms with E-state index < -0.39 is 0 Å². The Balaban J connectivity index is 2.10. The first-order valence-electron chi connectivity index (χ1n) is 3.54. The molecule has 3 atom stereocenters. The summed E-state index contributed by atoms with van der Waals surface area (Å²) in [5.41, 5.74) is 0. The van der Waals surface area contributed by atoms with E-state index >= 15 is 0 Å². The lowest BCUT2D eigenvalue weighted by atomic mass is 9.76. The smallest absolute Gasteiger partial charge is 0.0273 e. The van der Waals surface area contributed by atoms with E-state index in [0.29, 0.717) is 5.92 Å². The van der Waals surface area contributed by atoms with Gasteiger partial charge >= 0.3 is 0 Å². The molecule has 0 radical (unpaired) electrons. The summed E-state index contributed by atoms with van der Waals surface area (Å²) in [6.07, 6.45) is 7.09.